The van der Waals surface area contributed by atoms with Crippen LogP contribution in [0.1, 0.15) is 0 Å². The lowest BCUT2D eigenvalue weighted by Gasteiger charge is -2.32. The van der Waals surface area contributed by atoms with Crippen LogP contribution in [0.4, 0.5) is 17.1 Å². The van der Waals surface area contributed by atoms with Crippen molar-refractivity contribution in [3.8, 4) is 33.4 Å². The summed E-state index contributed by atoms with van der Waals surface area (Å²) < 4.78 is 0. The number of rotatable bonds is 6. The molecule has 2 nitrogen and oxygen atoms in total. The lowest BCUT2D eigenvalue weighted by Crippen LogP contribution is -2.13. The molecule has 0 aliphatic rings. The topological polar surface area (TPSA) is 19.0 Å². The van der Waals surface area contributed by atoms with E-state index in [2.05, 4.69) is 198 Å². The third-order valence-corrected chi connectivity index (χ3v) is 9.40. The summed E-state index contributed by atoms with van der Waals surface area (Å²) in [4.78, 5) is 6.34. The zero-order chi connectivity index (χ0) is 31.9. The molecule has 9 aromatic rings. The van der Waals surface area contributed by atoms with Crippen LogP contribution in [0.2, 0.25) is 0 Å². The van der Waals surface area contributed by atoms with Crippen molar-refractivity contribution in [1.29, 1.82) is 0 Å². The zero-order valence-electron chi connectivity index (χ0n) is 26.3. The van der Waals surface area contributed by atoms with Crippen LogP contribution in [0.15, 0.2) is 188 Å². The SMILES string of the molecule is c1ccc(-c2cccc(-c3c(-c4ccccc4)ccc4c3[nH]c3ccccc34)c2N(c2ccccc2)c2cccc3ccccc23)cc1. The van der Waals surface area contributed by atoms with Crippen molar-refractivity contribution in [2.45, 2.75) is 0 Å². The number of aromatic amines is 1. The Hall–Kier alpha value is -6.38. The number of anilines is 3. The molecule has 48 heavy (non-hydrogen) atoms. The van der Waals surface area contributed by atoms with Gasteiger partial charge in [0.25, 0.3) is 0 Å². The Kier molecular flexibility index (Phi) is 6.84. The second kappa shape index (κ2) is 11.8. The fraction of sp³-hybridized carbons (Fsp3) is 0. The molecule has 0 atom stereocenters. The van der Waals surface area contributed by atoms with E-state index in [1.165, 1.54) is 43.8 Å². The third kappa shape index (κ3) is 4.66. The minimum Gasteiger partial charge on any atom is -0.354 e. The number of benzene rings is 8. The molecular formula is C46H32N2. The second-order valence-corrected chi connectivity index (χ2v) is 12.2. The van der Waals surface area contributed by atoms with Crippen molar-refractivity contribution in [2.75, 3.05) is 4.90 Å². The van der Waals surface area contributed by atoms with E-state index in [-0.39, 0.29) is 0 Å². The van der Waals surface area contributed by atoms with Gasteiger partial charge in [0.1, 0.15) is 0 Å². The van der Waals surface area contributed by atoms with Crippen molar-refractivity contribution < 1.29 is 0 Å². The quantitative estimate of drug-likeness (QED) is 0.198. The average Bonchev–Trinajstić information content (AvgIpc) is 3.55. The summed E-state index contributed by atoms with van der Waals surface area (Å²) in [6.45, 7) is 0. The average molecular weight is 613 g/mol. The highest BCUT2D eigenvalue weighted by atomic mass is 15.1. The lowest BCUT2D eigenvalue weighted by molar-refractivity contribution is 1.30. The standard InChI is InChI=1S/C46H32N2/c1-4-16-33(17-5-1)37-30-31-40-39-25-12-13-28-42(39)47-45(40)44(37)41-27-15-26-38(34-18-6-2-7-19-34)46(41)48(35-22-8-3-9-23-35)43-29-14-21-32-20-10-11-24-36(32)43/h1-31,47H. The molecule has 0 saturated heterocycles. The number of H-pyrrole nitrogens is 1. The molecule has 226 valence electrons. The Morgan fingerprint density at radius 3 is 1.73 bits per heavy atom. The van der Waals surface area contributed by atoms with Gasteiger partial charge in [-0.2, -0.15) is 0 Å². The normalized spacial score (nSPS) is 11.3. The van der Waals surface area contributed by atoms with Gasteiger partial charge in [-0.3, -0.25) is 0 Å². The maximum absolute atomic E-state index is 3.87. The van der Waals surface area contributed by atoms with Crippen LogP contribution >= 0.6 is 0 Å². The molecule has 9 rings (SSSR count). The second-order valence-electron chi connectivity index (χ2n) is 12.2. The van der Waals surface area contributed by atoms with E-state index in [9.17, 15) is 0 Å². The number of fused-ring (bicyclic) bond motifs is 4. The van der Waals surface area contributed by atoms with E-state index in [0.717, 1.165) is 39.2 Å². The highest BCUT2D eigenvalue weighted by molar-refractivity contribution is 6.17. The van der Waals surface area contributed by atoms with Crippen molar-refractivity contribution >= 4 is 49.6 Å². The molecule has 0 spiro atoms. The first-order chi connectivity index (χ1) is 23.8. The Bertz CT molecular complexity index is 2540. The first-order valence-electron chi connectivity index (χ1n) is 16.5. The molecule has 0 unspecified atom stereocenters. The van der Waals surface area contributed by atoms with Crippen LogP contribution in [-0.2, 0) is 0 Å². The molecular weight excluding hydrogens is 581 g/mol. The largest absolute Gasteiger partial charge is 0.354 e. The number of aromatic nitrogens is 1. The van der Waals surface area contributed by atoms with Gasteiger partial charge in [0.2, 0.25) is 0 Å². The first-order valence-corrected chi connectivity index (χ1v) is 16.5. The Morgan fingerprint density at radius 1 is 0.375 bits per heavy atom. The predicted octanol–water partition coefficient (Wildman–Crippen LogP) is 12.9. The summed E-state index contributed by atoms with van der Waals surface area (Å²) in [6.07, 6.45) is 0. The summed E-state index contributed by atoms with van der Waals surface area (Å²) in [6, 6.07) is 67.6. The Labute approximate surface area is 280 Å². The van der Waals surface area contributed by atoms with Crippen molar-refractivity contribution in [3.63, 3.8) is 0 Å². The first kappa shape index (κ1) is 27.9. The van der Waals surface area contributed by atoms with Gasteiger partial charge in [0.15, 0.2) is 0 Å². The number of nitrogens with zero attached hydrogens (tertiary/aromatic N) is 1. The zero-order valence-corrected chi connectivity index (χ0v) is 26.3. The van der Waals surface area contributed by atoms with E-state index in [4.69, 9.17) is 0 Å². The van der Waals surface area contributed by atoms with Gasteiger partial charge < -0.3 is 9.88 Å². The minimum absolute atomic E-state index is 1.10. The molecule has 0 aliphatic carbocycles. The van der Waals surface area contributed by atoms with Crippen LogP contribution in [0.3, 0.4) is 0 Å². The highest BCUT2D eigenvalue weighted by Gasteiger charge is 2.26. The van der Waals surface area contributed by atoms with Gasteiger partial charge in [0.05, 0.1) is 16.9 Å². The van der Waals surface area contributed by atoms with Crippen LogP contribution < -0.4 is 4.90 Å². The molecule has 1 heterocycles. The van der Waals surface area contributed by atoms with Crippen LogP contribution in [0, 0.1) is 0 Å². The number of hydrogen-bond acceptors (Lipinski definition) is 1. The maximum Gasteiger partial charge on any atom is 0.0619 e. The molecule has 0 radical (unpaired) electrons. The van der Waals surface area contributed by atoms with Gasteiger partial charge in [-0.1, -0.05) is 164 Å². The molecule has 0 fully saturated rings. The van der Waals surface area contributed by atoms with Crippen LogP contribution in [0.5, 0.6) is 0 Å². The molecule has 0 saturated carbocycles. The summed E-state index contributed by atoms with van der Waals surface area (Å²) in [5.74, 6) is 0. The molecule has 0 bridgehead atoms. The van der Waals surface area contributed by atoms with Gasteiger partial charge in [-0.25, -0.2) is 0 Å². The fourth-order valence-electron chi connectivity index (χ4n) is 7.26. The van der Waals surface area contributed by atoms with Gasteiger partial charge in [0, 0.05) is 44.1 Å². The Morgan fingerprint density at radius 2 is 0.958 bits per heavy atom. The predicted molar refractivity (Wildman–Crippen MR) is 204 cm³/mol. The molecule has 1 N–H and O–H groups in total. The smallest absolute Gasteiger partial charge is 0.0619 e. The summed E-state index contributed by atoms with van der Waals surface area (Å²) in [5, 5.41) is 4.85. The summed E-state index contributed by atoms with van der Waals surface area (Å²) in [7, 11) is 0. The van der Waals surface area contributed by atoms with Crippen molar-refractivity contribution in [2.24, 2.45) is 0 Å². The van der Waals surface area contributed by atoms with E-state index in [1.807, 2.05) is 0 Å². The minimum atomic E-state index is 1.10. The van der Waals surface area contributed by atoms with Crippen molar-refractivity contribution in [1.82, 2.24) is 4.98 Å². The number of hydrogen-bond donors (Lipinski definition) is 1. The van der Waals surface area contributed by atoms with Gasteiger partial charge in [-0.15, -0.1) is 0 Å². The number of para-hydroxylation sites is 3. The van der Waals surface area contributed by atoms with Gasteiger partial charge >= 0.3 is 0 Å². The lowest BCUT2D eigenvalue weighted by atomic mass is 9.88. The highest BCUT2D eigenvalue weighted by Crippen LogP contribution is 2.51. The van der Waals surface area contributed by atoms with E-state index >= 15 is 0 Å². The van der Waals surface area contributed by atoms with E-state index < -0.39 is 0 Å². The molecule has 2 heteroatoms. The van der Waals surface area contributed by atoms with E-state index in [0.29, 0.717) is 0 Å². The summed E-state index contributed by atoms with van der Waals surface area (Å²) in [5.41, 5.74) is 12.7. The molecule has 1 aromatic heterocycles. The Balaban J connectivity index is 1.47. The van der Waals surface area contributed by atoms with E-state index in [1.54, 1.807) is 0 Å². The summed E-state index contributed by atoms with van der Waals surface area (Å²) >= 11 is 0. The van der Waals surface area contributed by atoms with Crippen LogP contribution in [-0.4, -0.2) is 4.98 Å². The molecule has 8 aromatic carbocycles. The molecule has 0 aliphatic heterocycles. The maximum atomic E-state index is 3.87. The molecule has 0 amide bonds. The van der Waals surface area contributed by atoms with Crippen molar-refractivity contribution in [3.05, 3.63) is 188 Å². The van der Waals surface area contributed by atoms with Gasteiger partial charge in [-0.05, 0) is 46.3 Å². The third-order valence-electron chi connectivity index (χ3n) is 9.40. The van der Waals surface area contributed by atoms with Crippen LogP contribution in [0.25, 0.3) is 66.0 Å². The monoisotopic (exact) mass is 612 g/mol. The number of nitrogens with one attached hydrogen (secondary N) is 1. The fourth-order valence-corrected chi connectivity index (χ4v) is 7.26.